The smallest absolute Gasteiger partial charge is 0.223 e. The lowest BCUT2D eigenvalue weighted by molar-refractivity contribution is -0.126. The van der Waals surface area contributed by atoms with Crippen molar-refractivity contribution in [3.8, 4) is 11.5 Å². The lowest BCUT2D eigenvalue weighted by atomic mass is 9.97. The van der Waals surface area contributed by atoms with Crippen LogP contribution in [0.25, 0.3) is 0 Å². The van der Waals surface area contributed by atoms with Crippen molar-refractivity contribution in [1.82, 2.24) is 9.62 Å². The van der Waals surface area contributed by atoms with Gasteiger partial charge in [0.25, 0.3) is 0 Å². The predicted molar refractivity (Wildman–Crippen MR) is 123 cm³/mol. The lowest BCUT2D eigenvalue weighted by Crippen LogP contribution is -2.46. The Balaban J connectivity index is 1.25. The molecule has 1 N–H and O–H groups in total. The summed E-state index contributed by atoms with van der Waals surface area (Å²) < 4.78 is 38.5. The average molecular weight is 499 g/mol. The Hall–Kier alpha value is -2.00. The normalized spacial score (nSPS) is 19.5. The number of benzene rings is 2. The van der Waals surface area contributed by atoms with Crippen LogP contribution in [-0.2, 0) is 20.6 Å². The first-order valence-corrected chi connectivity index (χ1v) is 12.8. The van der Waals surface area contributed by atoms with Gasteiger partial charge in [0.15, 0.2) is 11.5 Å². The van der Waals surface area contributed by atoms with E-state index >= 15 is 0 Å². The van der Waals surface area contributed by atoms with Gasteiger partial charge in [0.2, 0.25) is 15.9 Å². The molecule has 0 spiro atoms. The van der Waals surface area contributed by atoms with E-state index in [2.05, 4.69) is 5.32 Å². The second-order valence-corrected chi connectivity index (χ2v) is 10.7. The summed E-state index contributed by atoms with van der Waals surface area (Å²) in [5, 5.41) is 3.63. The van der Waals surface area contributed by atoms with E-state index in [4.69, 9.17) is 32.7 Å². The molecule has 7 nitrogen and oxygen atoms in total. The van der Waals surface area contributed by atoms with Crippen LogP contribution in [0.3, 0.4) is 0 Å². The molecule has 2 aliphatic heterocycles. The molecular formula is C22H24Cl2N2O5S. The van der Waals surface area contributed by atoms with Crippen LogP contribution >= 0.6 is 23.2 Å². The van der Waals surface area contributed by atoms with Crippen molar-refractivity contribution in [1.29, 1.82) is 0 Å². The quantitative estimate of drug-likeness (QED) is 0.658. The largest absolute Gasteiger partial charge is 0.486 e. The van der Waals surface area contributed by atoms with Crippen molar-refractivity contribution in [3.05, 3.63) is 58.1 Å². The zero-order valence-electron chi connectivity index (χ0n) is 17.3. The number of ether oxygens (including phenoxy) is 2. The molecule has 0 radical (unpaired) electrons. The van der Waals surface area contributed by atoms with Crippen LogP contribution in [0.4, 0.5) is 0 Å². The summed E-state index contributed by atoms with van der Waals surface area (Å²) in [7, 11) is -3.51. The molecule has 4 rings (SSSR count). The van der Waals surface area contributed by atoms with Crippen LogP contribution in [0.5, 0.6) is 11.5 Å². The minimum absolute atomic E-state index is 0.0889. The molecule has 2 heterocycles. The highest BCUT2D eigenvalue weighted by Crippen LogP contribution is 2.31. The number of fused-ring (bicyclic) bond motifs is 1. The van der Waals surface area contributed by atoms with Crippen LogP contribution in [-0.4, -0.2) is 51.0 Å². The van der Waals surface area contributed by atoms with Gasteiger partial charge in [0, 0.05) is 19.0 Å². The van der Waals surface area contributed by atoms with Gasteiger partial charge < -0.3 is 14.8 Å². The molecule has 2 aromatic rings. The monoisotopic (exact) mass is 498 g/mol. The van der Waals surface area contributed by atoms with Gasteiger partial charge in [-0.25, -0.2) is 12.7 Å². The maximum atomic E-state index is 12.8. The Morgan fingerprint density at radius 1 is 1.06 bits per heavy atom. The van der Waals surface area contributed by atoms with E-state index in [9.17, 15) is 13.2 Å². The molecule has 0 aromatic heterocycles. The number of nitrogens with zero attached hydrogens (tertiary/aromatic N) is 1. The first-order chi connectivity index (χ1) is 15.3. The number of rotatable bonds is 6. The van der Waals surface area contributed by atoms with Gasteiger partial charge in [-0.05, 0) is 42.7 Å². The highest BCUT2D eigenvalue weighted by molar-refractivity contribution is 7.88. The highest BCUT2D eigenvalue weighted by atomic mass is 35.5. The minimum atomic E-state index is -3.51. The molecule has 0 unspecified atom stereocenters. The Kier molecular flexibility index (Phi) is 7.14. The second-order valence-electron chi connectivity index (χ2n) is 7.92. The number of hydrogen-bond acceptors (Lipinski definition) is 5. The third-order valence-electron chi connectivity index (χ3n) is 5.62. The first kappa shape index (κ1) is 23.2. The first-order valence-electron chi connectivity index (χ1n) is 10.4. The van der Waals surface area contributed by atoms with E-state index in [0.717, 1.165) is 0 Å². The van der Waals surface area contributed by atoms with Crippen LogP contribution in [0, 0.1) is 5.92 Å². The maximum absolute atomic E-state index is 12.8. The van der Waals surface area contributed by atoms with E-state index in [-0.39, 0.29) is 23.7 Å². The van der Waals surface area contributed by atoms with Crippen molar-refractivity contribution in [2.45, 2.75) is 24.7 Å². The van der Waals surface area contributed by atoms with Gasteiger partial charge >= 0.3 is 0 Å². The van der Waals surface area contributed by atoms with E-state index in [1.807, 2.05) is 24.3 Å². The van der Waals surface area contributed by atoms with Crippen molar-refractivity contribution in [2.24, 2.45) is 5.92 Å². The molecule has 0 saturated carbocycles. The highest BCUT2D eigenvalue weighted by Gasteiger charge is 2.32. The van der Waals surface area contributed by atoms with Crippen molar-refractivity contribution < 1.29 is 22.7 Å². The zero-order chi connectivity index (χ0) is 22.7. The topological polar surface area (TPSA) is 84.9 Å². The summed E-state index contributed by atoms with van der Waals surface area (Å²) in [5.41, 5.74) is 0.579. The summed E-state index contributed by atoms with van der Waals surface area (Å²) in [5.74, 6) is 0.890. The molecule has 10 heteroatoms. The number of carbonyl (C=O) groups is 1. The van der Waals surface area contributed by atoms with Crippen LogP contribution in [0.2, 0.25) is 10.0 Å². The van der Waals surface area contributed by atoms with Gasteiger partial charge in [-0.15, -0.1) is 0 Å². The molecule has 1 saturated heterocycles. The molecule has 1 atom stereocenters. The molecule has 32 heavy (non-hydrogen) atoms. The summed E-state index contributed by atoms with van der Waals surface area (Å²) in [6.07, 6.45) is 0.676. The third kappa shape index (κ3) is 5.49. The van der Waals surface area contributed by atoms with E-state index in [1.165, 1.54) is 4.31 Å². The SMILES string of the molecule is O=C(NC[C@H]1COc2ccccc2O1)C1CCN(S(=O)(=O)Cc2ccc(Cl)c(Cl)c2)CC1. The van der Waals surface area contributed by atoms with Crippen LogP contribution < -0.4 is 14.8 Å². The minimum Gasteiger partial charge on any atom is -0.486 e. The summed E-state index contributed by atoms with van der Waals surface area (Å²) in [6, 6.07) is 12.2. The van der Waals surface area contributed by atoms with Gasteiger partial charge in [-0.3, -0.25) is 4.79 Å². The Bertz CT molecular complexity index is 1090. The number of nitrogens with one attached hydrogen (secondary N) is 1. The molecule has 2 aromatic carbocycles. The Morgan fingerprint density at radius 3 is 2.50 bits per heavy atom. The molecule has 1 fully saturated rings. The molecule has 0 bridgehead atoms. The molecule has 1 amide bonds. The molecule has 2 aliphatic rings. The fourth-order valence-corrected chi connectivity index (χ4v) is 5.72. The van der Waals surface area contributed by atoms with E-state index in [1.54, 1.807) is 18.2 Å². The molecular weight excluding hydrogens is 475 g/mol. The number of carbonyl (C=O) groups excluding carboxylic acids is 1. The van der Waals surface area contributed by atoms with Crippen LogP contribution in [0.1, 0.15) is 18.4 Å². The lowest BCUT2D eigenvalue weighted by Gasteiger charge is -2.31. The molecule has 172 valence electrons. The van der Waals surface area contributed by atoms with Crippen LogP contribution in [0.15, 0.2) is 42.5 Å². The van der Waals surface area contributed by atoms with Crippen molar-refractivity contribution in [3.63, 3.8) is 0 Å². The second kappa shape index (κ2) is 9.87. The number of halogens is 2. The number of sulfonamides is 1. The Labute approximate surface area is 197 Å². The summed E-state index contributed by atoms with van der Waals surface area (Å²) in [4.78, 5) is 12.6. The van der Waals surface area contributed by atoms with Gasteiger partial charge in [0.1, 0.15) is 12.7 Å². The third-order valence-corrected chi connectivity index (χ3v) is 8.21. The number of hydrogen-bond donors (Lipinski definition) is 1. The maximum Gasteiger partial charge on any atom is 0.223 e. The summed E-state index contributed by atoms with van der Waals surface area (Å²) in [6.45, 7) is 1.31. The van der Waals surface area contributed by atoms with Gasteiger partial charge in [-0.1, -0.05) is 41.4 Å². The van der Waals surface area contributed by atoms with Gasteiger partial charge in [-0.2, -0.15) is 0 Å². The number of para-hydroxylation sites is 2. The zero-order valence-corrected chi connectivity index (χ0v) is 19.6. The van der Waals surface area contributed by atoms with Crippen molar-refractivity contribution >= 4 is 39.1 Å². The van der Waals surface area contributed by atoms with E-state index in [0.29, 0.717) is 66.2 Å². The predicted octanol–water partition coefficient (Wildman–Crippen LogP) is 3.49. The Morgan fingerprint density at radius 2 is 1.78 bits per heavy atom. The fourth-order valence-electron chi connectivity index (χ4n) is 3.85. The standard InChI is InChI=1S/C22H24Cl2N2O5S/c23-18-6-5-15(11-19(18)24)14-32(28,29)26-9-7-16(8-10-26)22(27)25-12-17-13-30-20-3-1-2-4-21(20)31-17/h1-6,11,16-17H,7-10,12-14H2,(H,25,27)/t17-/m0/s1. The van der Waals surface area contributed by atoms with Gasteiger partial charge in [0.05, 0.1) is 22.3 Å². The number of piperidine rings is 1. The average Bonchev–Trinajstić information content (AvgIpc) is 2.79. The molecule has 0 aliphatic carbocycles. The number of amides is 1. The van der Waals surface area contributed by atoms with Crippen molar-refractivity contribution in [2.75, 3.05) is 26.2 Å². The summed E-state index contributed by atoms with van der Waals surface area (Å²) >= 11 is 11.9. The van der Waals surface area contributed by atoms with E-state index < -0.39 is 10.0 Å². The fraction of sp³-hybridized carbons (Fsp3) is 0.409.